The van der Waals surface area contributed by atoms with Crippen LogP contribution in [-0.4, -0.2) is 56.4 Å². The Labute approximate surface area is 156 Å². The summed E-state index contributed by atoms with van der Waals surface area (Å²) in [6.45, 7) is 5.71. The van der Waals surface area contributed by atoms with Crippen LogP contribution in [0.15, 0.2) is 18.2 Å². The number of amides is 2. The number of piperidine rings is 1. The molecule has 1 aromatic rings. The number of carbonyl (C=O) groups excluding carboxylic acids is 1. The number of ether oxygens (including phenoxy) is 2. The zero-order valence-electron chi connectivity index (χ0n) is 15.9. The maximum Gasteiger partial charge on any atom is 0.315 e. The van der Waals surface area contributed by atoms with Gasteiger partial charge in [-0.1, -0.05) is 18.6 Å². The van der Waals surface area contributed by atoms with Gasteiger partial charge in [0.25, 0.3) is 0 Å². The number of methoxy groups -OCH3 is 1. The number of para-hydroxylation sites is 1. The maximum absolute atomic E-state index is 12.1. The van der Waals surface area contributed by atoms with Crippen molar-refractivity contribution in [1.29, 1.82) is 0 Å². The van der Waals surface area contributed by atoms with Gasteiger partial charge >= 0.3 is 6.03 Å². The molecule has 2 aliphatic rings. The summed E-state index contributed by atoms with van der Waals surface area (Å²) in [4.78, 5) is 14.7. The van der Waals surface area contributed by atoms with E-state index in [4.69, 9.17) is 9.47 Å². The Kier molecular flexibility index (Phi) is 6.61. The van der Waals surface area contributed by atoms with Crippen molar-refractivity contribution in [2.45, 2.75) is 51.1 Å². The first-order valence-corrected chi connectivity index (χ1v) is 9.74. The van der Waals surface area contributed by atoms with Crippen LogP contribution < -0.4 is 20.1 Å². The number of fused-ring (bicyclic) bond motifs is 1. The average molecular weight is 361 g/mol. The molecule has 6 heteroatoms. The van der Waals surface area contributed by atoms with E-state index in [1.807, 2.05) is 18.2 Å². The summed E-state index contributed by atoms with van der Waals surface area (Å²) in [6, 6.07) is 6.40. The molecule has 2 aliphatic heterocycles. The van der Waals surface area contributed by atoms with Gasteiger partial charge in [-0.05, 0) is 45.2 Å². The van der Waals surface area contributed by atoms with E-state index in [9.17, 15) is 4.79 Å². The third-order valence-electron chi connectivity index (χ3n) is 5.36. The predicted molar refractivity (Wildman–Crippen MR) is 102 cm³/mol. The topological polar surface area (TPSA) is 62.8 Å². The molecule has 144 valence electrons. The summed E-state index contributed by atoms with van der Waals surface area (Å²) in [7, 11) is 1.64. The van der Waals surface area contributed by atoms with Gasteiger partial charge in [0.1, 0.15) is 6.61 Å². The Hall–Kier alpha value is -1.95. The van der Waals surface area contributed by atoms with E-state index in [-0.39, 0.29) is 12.1 Å². The van der Waals surface area contributed by atoms with E-state index in [2.05, 4.69) is 22.5 Å². The van der Waals surface area contributed by atoms with Crippen LogP contribution >= 0.6 is 0 Å². The first-order valence-electron chi connectivity index (χ1n) is 9.74. The number of urea groups is 1. The number of hydrogen-bond acceptors (Lipinski definition) is 4. The second-order valence-corrected chi connectivity index (χ2v) is 7.30. The Morgan fingerprint density at radius 1 is 1.38 bits per heavy atom. The molecular weight excluding hydrogens is 330 g/mol. The Balaban J connectivity index is 1.37. The second kappa shape index (κ2) is 9.12. The zero-order valence-corrected chi connectivity index (χ0v) is 15.9. The lowest BCUT2D eigenvalue weighted by Crippen LogP contribution is -2.47. The van der Waals surface area contributed by atoms with Gasteiger partial charge in [0.15, 0.2) is 11.5 Å². The van der Waals surface area contributed by atoms with E-state index >= 15 is 0 Å². The molecule has 3 rings (SSSR count). The zero-order chi connectivity index (χ0) is 18.4. The molecule has 1 saturated heterocycles. The Morgan fingerprint density at radius 3 is 3.08 bits per heavy atom. The fraction of sp³-hybridized carbons (Fsp3) is 0.650. The van der Waals surface area contributed by atoms with Crippen molar-refractivity contribution in [2.24, 2.45) is 0 Å². The van der Waals surface area contributed by atoms with Gasteiger partial charge in [-0.15, -0.1) is 0 Å². The first-order chi connectivity index (χ1) is 12.7. The third-order valence-corrected chi connectivity index (χ3v) is 5.36. The molecular formula is C20H31N3O3. The molecule has 0 bridgehead atoms. The Morgan fingerprint density at radius 2 is 2.27 bits per heavy atom. The lowest BCUT2D eigenvalue weighted by Gasteiger charge is -2.33. The van der Waals surface area contributed by atoms with Gasteiger partial charge < -0.3 is 25.0 Å². The van der Waals surface area contributed by atoms with Crippen LogP contribution in [0.25, 0.3) is 0 Å². The summed E-state index contributed by atoms with van der Waals surface area (Å²) >= 11 is 0. The molecule has 0 saturated carbocycles. The minimum Gasteiger partial charge on any atom is -0.493 e. The number of nitrogens with one attached hydrogen (secondary N) is 2. The molecule has 2 unspecified atom stereocenters. The number of benzene rings is 1. The van der Waals surface area contributed by atoms with Gasteiger partial charge in [-0.2, -0.15) is 0 Å². The standard InChI is InChI=1S/C20H31N3O3/c1-15-7-3-4-11-23(15)12-6-10-21-20(24)22-17-13-16-8-5-9-18(25-2)19(16)26-14-17/h5,8-9,15,17H,3-4,6-7,10-14H2,1-2H3,(H2,21,22,24). The maximum atomic E-state index is 12.1. The van der Waals surface area contributed by atoms with Gasteiger partial charge in [0.2, 0.25) is 0 Å². The van der Waals surface area contributed by atoms with Crippen molar-refractivity contribution < 1.29 is 14.3 Å². The number of nitrogens with zero attached hydrogens (tertiary/aromatic N) is 1. The van der Waals surface area contributed by atoms with E-state index in [0.717, 1.165) is 36.4 Å². The number of hydrogen-bond donors (Lipinski definition) is 2. The molecule has 2 N–H and O–H groups in total. The van der Waals surface area contributed by atoms with Crippen molar-refractivity contribution in [3.05, 3.63) is 23.8 Å². The quantitative estimate of drug-likeness (QED) is 0.765. The lowest BCUT2D eigenvalue weighted by molar-refractivity contribution is 0.158. The molecule has 26 heavy (non-hydrogen) atoms. The summed E-state index contributed by atoms with van der Waals surface area (Å²) in [5.41, 5.74) is 1.07. The van der Waals surface area contributed by atoms with Crippen molar-refractivity contribution in [2.75, 3.05) is 33.4 Å². The van der Waals surface area contributed by atoms with Crippen LogP contribution in [0.3, 0.4) is 0 Å². The minimum atomic E-state index is -0.114. The number of carbonyl (C=O) groups is 1. The molecule has 2 atom stereocenters. The van der Waals surface area contributed by atoms with E-state index in [1.165, 1.54) is 25.8 Å². The predicted octanol–water partition coefficient (Wildman–Crippen LogP) is 2.56. The van der Waals surface area contributed by atoms with Gasteiger partial charge in [0.05, 0.1) is 13.2 Å². The third kappa shape index (κ3) is 4.81. The highest BCUT2D eigenvalue weighted by Crippen LogP contribution is 2.34. The van der Waals surface area contributed by atoms with Gasteiger partial charge in [-0.3, -0.25) is 0 Å². The summed E-state index contributed by atoms with van der Waals surface area (Å²) in [5.74, 6) is 1.54. The normalized spacial score (nSPS) is 22.8. The van der Waals surface area contributed by atoms with Gasteiger partial charge in [-0.25, -0.2) is 4.79 Å². The molecule has 0 aromatic heterocycles. The highest BCUT2D eigenvalue weighted by atomic mass is 16.5. The summed E-state index contributed by atoms with van der Waals surface area (Å²) in [5, 5.41) is 5.99. The first kappa shape index (κ1) is 18.8. The van der Waals surface area contributed by atoms with Crippen LogP contribution in [0, 0.1) is 0 Å². The monoisotopic (exact) mass is 361 g/mol. The average Bonchev–Trinajstić information content (AvgIpc) is 2.65. The molecule has 6 nitrogen and oxygen atoms in total. The number of rotatable bonds is 6. The second-order valence-electron chi connectivity index (χ2n) is 7.30. The van der Waals surface area contributed by atoms with E-state index < -0.39 is 0 Å². The van der Waals surface area contributed by atoms with Crippen LogP contribution in [-0.2, 0) is 6.42 Å². The minimum absolute atomic E-state index is 0.0169. The molecule has 1 aromatic carbocycles. The largest absolute Gasteiger partial charge is 0.493 e. The summed E-state index contributed by atoms with van der Waals surface area (Å²) < 4.78 is 11.1. The Bertz CT molecular complexity index is 608. The highest BCUT2D eigenvalue weighted by Gasteiger charge is 2.24. The van der Waals surface area contributed by atoms with Crippen LogP contribution in [0.5, 0.6) is 11.5 Å². The molecule has 2 heterocycles. The van der Waals surface area contributed by atoms with Crippen LogP contribution in [0.2, 0.25) is 0 Å². The molecule has 2 amide bonds. The molecule has 0 aliphatic carbocycles. The highest BCUT2D eigenvalue weighted by molar-refractivity contribution is 5.74. The van der Waals surface area contributed by atoms with E-state index in [1.54, 1.807) is 7.11 Å². The molecule has 1 fully saturated rings. The van der Waals surface area contributed by atoms with Crippen molar-refractivity contribution in [3.8, 4) is 11.5 Å². The van der Waals surface area contributed by atoms with Crippen molar-refractivity contribution >= 4 is 6.03 Å². The molecule has 0 radical (unpaired) electrons. The lowest BCUT2D eigenvalue weighted by atomic mass is 10.0. The van der Waals surface area contributed by atoms with E-state index in [0.29, 0.717) is 19.2 Å². The fourth-order valence-corrected chi connectivity index (χ4v) is 3.86. The van der Waals surface area contributed by atoms with Crippen LogP contribution in [0.1, 0.15) is 38.2 Å². The van der Waals surface area contributed by atoms with Crippen LogP contribution in [0.4, 0.5) is 4.79 Å². The smallest absolute Gasteiger partial charge is 0.315 e. The van der Waals surface area contributed by atoms with Crippen molar-refractivity contribution in [3.63, 3.8) is 0 Å². The fourth-order valence-electron chi connectivity index (χ4n) is 3.86. The molecule has 0 spiro atoms. The number of likely N-dealkylation sites (tertiary alicyclic amines) is 1. The summed E-state index contributed by atoms with van der Waals surface area (Å²) in [6.07, 6.45) is 5.68. The van der Waals surface area contributed by atoms with Gasteiger partial charge in [0, 0.05) is 24.7 Å². The SMILES string of the molecule is COc1cccc2c1OCC(NC(=O)NCCCN1CCCCC1C)C2. The van der Waals surface area contributed by atoms with Crippen molar-refractivity contribution in [1.82, 2.24) is 15.5 Å².